The number of hydrogen-bond donors (Lipinski definition) is 1. The van der Waals surface area contributed by atoms with Gasteiger partial charge in [0, 0.05) is 5.57 Å². The lowest BCUT2D eigenvalue weighted by Gasteiger charge is -2.20. The summed E-state index contributed by atoms with van der Waals surface area (Å²) in [6.45, 7) is 8.09. The maximum absolute atomic E-state index is 11.4. The Morgan fingerprint density at radius 3 is 2.36 bits per heavy atom. The SMILES string of the molecule is CC.CC1(C)NC(=O)C2=CCCC=C21. The van der Waals surface area contributed by atoms with E-state index in [1.54, 1.807) is 0 Å². The molecule has 2 rings (SSSR count). The zero-order valence-electron chi connectivity index (χ0n) is 9.48. The van der Waals surface area contributed by atoms with Crippen molar-refractivity contribution in [2.75, 3.05) is 0 Å². The molecule has 1 heterocycles. The van der Waals surface area contributed by atoms with Crippen LogP contribution in [0.3, 0.4) is 0 Å². The minimum Gasteiger partial charge on any atom is -0.343 e. The van der Waals surface area contributed by atoms with Crippen LogP contribution in [0.5, 0.6) is 0 Å². The Kier molecular flexibility index (Phi) is 3.14. The molecule has 0 atom stereocenters. The van der Waals surface area contributed by atoms with Crippen molar-refractivity contribution < 1.29 is 4.79 Å². The smallest absolute Gasteiger partial charge is 0.251 e. The van der Waals surface area contributed by atoms with Gasteiger partial charge in [-0.05, 0) is 32.3 Å². The van der Waals surface area contributed by atoms with Gasteiger partial charge in [-0.1, -0.05) is 26.0 Å². The Morgan fingerprint density at radius 2 is 1.79 bits per heavy atom. The molecule has 0 aromatic rings. The van der Waals surface area contributed by atoms with Crippen LogP contribution in [0.4, 0.5) is 0 Å². The van der Waals surface area contributed by atoms with Gasteiger partial charge < -0.3 is 5.32 Å². The molecule has 2 nitrogen and oxygen atoms in total. The molecule has 2 heteroatoms. The quantitative estimate of drug-likeness (QED) is 0.629. The second kappa shape index (κ2) is 3.99. The highest BCUT2D eigenvalue weighted by Crippen LogP contribution is 2.33. The molecular weight excluding hydrogens is 174 g/mol. The fourth-order valence-electron chi connectivity index (χ4n) is 1.90. The molecule has 0 spiro atoms. The van der Waals surface area contributed by atoms with E-state index in [9.17, 15) is 4.79 Å². The number of rotatable bonds is 0. The lowest BCUT2D eigenvalue weighted by atomic mass is 9.88. The van der Waals surface area contributed by atoms with E-state index in [1.807, 2.05) is 33.8 Å². The Hall–Kier alpha value is -1.05. The van der Waals surface area contributed by atoms with Gasteiger partial charge in [0.05, 0.1) is 5.54 Å². The van der Waals surface area contributed by atoms with E-state index in [0.717, 1.165) is 18.4 Å². The van der Waals surface area contributed by atoms with Crippen LogP contribution in [-0.2, 0) is 4.79 Å². The van der Waals surface area contributed by atoms with Crippen molar-refractivity contribution >= 4 is 5.91 Å². The molecule has 1 fully saturated rings. The highest BCUT2D eigenvalue weighted by molar-refractivity contribution is 6.03. The maximum Gasteiger partial charge on any atom is 0.251 e. The molecule has 1 saturated heterocycles. The highest BCUT2D eigenvalue weighted by Gasteiger charge is 2.38. The monoisotopic (exact) mass is 193 g/mol. The van der Waals surface area contributed by atoms with Gasteiger partial charge in [-0.25, -0.2) is 0 Å². The predicted molar refractivity (Wildman–Crippen MR) is 59.0 cm³/mol. The number of hydrogen-bond acceptors (Lipinski definition) is 1. The number of allylic oxidation sites excluding steroid dienone is 2. The molecule has 1 aliphatic heterocycles. The second-order valence-corrected chi connectivity index (χ2v) is 3.89. The van der Waals surface area contributed by atoms with Crippen molar-refractivity contribution in [3.63, 3.8) is 0 Å². The molecule has 1 aliphatic carbocycles. The van der Waals surface area contributed by atoms with Crippen LogP contribution in [0.1, 0.15) is 40.5 Å². The van der Waals surface area contributed by atoms with Crippen LogP contribution in [0.25, 0.3) is 0 Å². The first-order valence-corrected chi connectivity index (χ1v) is 5.35. The Morgan fingerprint density at radius 1 is 1.21 bits per heavy atom. The van der Waals surface area contributed by atoms with Crippen molar-refractivity contribution in [3.05, 3.63) is 23.3 Å². The van der Waals surface area contributed by atoms with E-state index >= 15 is 0 Å². The normalized spacial score (nSPS) is 22.4. The molecule has 0 radical (unpaired) electrons. The van der Waals surface area contributed by atoms with Crippen molar-refractivity contribution in [2.24, 2.45) is 0 Å². The maximum atomic E-state index is 11.4. The first-order valence-electron chi connectivity index (χ1n) is 5.35. The summed E-state index contributed by atoms with van der Waals surface area (Å²) in [6, 6.07) is 0. The zero-order valence-corrected chi connectivity index (χ0v) is 9.48. The minimum absolute atomic E-state index is 0.0888. The van der Waals surface area contributed by atoms with Crippen molar-refractivity contribution in [1.82, 2.24) is 5.32 Å². The molecule has 2 aliphatic rings. The molecule has 1 N–H and O–H groups in total. The Bertz CT molecular complexity index is 297. The predicted octanol–water partition coefficient (Wildman–Crippen LogP) is 2.57. The Labute approximate surface area is 86.1 Å². The fourth-order valence-corrected chi connectivity index (χ4v) is 1.90. The first kappa shape index (κ1) is 11.0. The summed E-state index contributed by atoms with van der Waals surface area (Å²) in [6.07, 6.45) is 6.28. The van der Waals surface area contributed by atoms with Crippen LogP contribution in [0.15, 0.2) is 23.3 Å². The topological polar surface area (TPSA) is 29.1 Å². The standard InChI is InChI=1S/C10H13NO.C2H6/c1-10(2)8-6-4-3-5-7(8)9(12)11-10;1-2/h5-6H,3-4H2,1-2H3,(H,11,12);1-2H3. The molecule has 78 valence electrons. The fraction of sp³-hybridized carbons (Fsp3) is 0.583. The molecule has 0 aromatic carbocycles. The van der Waals surface area contributed by atoms with E-state index < -0.39 is 0 Å². The number of nitrogens with one attached hydrogen (secondary N) is 1. The minimum atomic E-state index is -0.149. The van der Waals surface area contributed by atoms with Gasteiger partial charge in [0.25, 0.3) is 5.91 Å². The highest BCUT2D eigenvalue weighted by atomic mass is 16.2. The number of carbonyl (C=O) groups excluding carboxylic acids is 1. The van der Waals surface area contributed by atoms with Gasteiger partial charge >= 0.3 is 0 Å². The van der Waals surface area contributed by atoms with Crippen molar-refractivity contribution in [2.45, 2.75) is 46.1 Å². The van der Waals surface area contributed by atoms with Crippen molar-refractivity contribution in [3.8, 4) is 0 Å². The average molecular weight is 193 g/mol. The number of carbonyl (C=O) groups is 1. The Balaban J connectivity index is 0.000000461. The third-order valence-corrected chi connectivity index (χ3v) is 2.50. The molecule has 0 aromatic heterocycles. The van der Waals surface area contributed by atoms with Gasteiger partial charge in [-0.3, -0.25) is 4.79 Å². The molecule has 0 bridgehead atoms. The van der Waals surface area contributed by atoms with Crippen LogP contribution in [-0.4, -0.2) is 11.4 Å². The van der Waals surface area contributed by atoms with Gasteiger partial charge in [0.2, 0.25) is 0 Å². The summed E-state index contributed by atoms with van der Waals surface area (Å²) in [7, 11) is 0. The molecule has 1 amide bonds. The van der Waals surface area contributed by atoms with Crippen molar-refractivity contribution in [1.29, 1.82) is 0 Å². The van der Waals surface area contributed by atoms with Crippen LogP contribution in [0, 0.1) is 0 Å². The van der Waals surface area contributed by atoms with Gasteiger partial charge in [-0.15, -0.1) is 0 Å². The molecular formula is C12H19NO. The lowest BCUT2D eigenvalue weighted by Crippen LogP contribution is -2.35. The summed E-state index contributed by atoms with van der Waals surface area (Å²) >= 11 is 0. The van der Waals surface area contributed by atoms with Gasteiger partial charge in [0.1, 0.15) is 0 Å². The zero-order chi connectivity index (χ0) is 10.8. The van der Waals surface area contributed by atoms with E-state index in [2.05, 4.69) is 11.4 Å². The number of fused-ring (bicyclic) bond motifs is 1. The third-order valence-electron chi connectivity index (χ3n) is 2.50. The van der Waals surface area contributed by atoms with Gasteiger partial charge in [0.15, 0.2) is 0 Å². The van der Waals surface area contributed by atoms with Gasteiger partial charge in [-0.2, -0.15) is 0 Å². The van der Waals surface area contributed by atoms with Crippen LogP contribution in [0.2, 0.25) is 0 Å². The van der Waals surface area contributed by atoms with E-state index in [-0.39, 0.29) is 11.4 Å². The lowest BCUT2D eigenvalue weighted by molar-refractivity contribution is -0.116. The second-order valence-electron chi connectivity index (χ2n) is 3.89. The van der Waals surface area contributed by atoms with Crippen LogP contribution >= 0.6 is 0 Å². The largest absolute Gasteiger partial charge is 0.343 e. The number of amides is 1. The van der Waals surface area contributed by atoms with E-state index in [4.69, 9.17) is 0 Å². The molecule has 14 heavy (non-hydrogen) atoms. The van der Waals surface area contributed by atoms with E-state index in [0.29, 0.717) is 0 Å². The molecule has 0 saturated carbocycles. The summed E-state index contributed by atoms with van der Waals surface area (Å²) < 4.78 is 0. The summed E-state index contributed by atoms with van der Waals surface area (Å²) in [5.74, 6) is 0.0888. The van der Waals surface area contributed by atoms with E-state index in [1.165, 1.54) is 5.57 Å². The van der Waals surface area contributed by atoms with Crippen LogP contribution < -0.4 is 5.32 Å². The molecule has 0 unspecified atom stereocenters. The summed E-state index contributed by atoms with van der Waals surface area (Å²) in [4.78, 5) is 11.4. The average Bonchev–Trinajstić information content (AvgIpc) is 2.42. The summed E-state index contributed by atoms with van der Waals surface area (Å²) in [5, 5.41) is 2.96. The third kappa shape index (κ3) is 1.74. The first-order chi connectivity index (χ1) is 6.61. The summed E-state index contributed by atoms with van der Waals surface area (Å²) in [5.41, 5.74) is 1.92.